The molecule has 13 heavy (non-hydrogen) atoms. The maximum absolute atomic E-state index is 11.7. The lowest BCUT2D eigenvalue weighted by atomic mass is 9.69. The first-order valence-corrected chi connectivity index (χ1v) is 4.88. The highest BCUT2D eigenvalue weighted by Gasteiger charge is 2.58. The quantitative estimate of drug-likeness (QED) is 0.650. The molecule has 3 heteroatoms. The highest BCUT2D eigenvalue weighted by Crippen LogP contribution is 2.54. The van der Waals surface area contributed by atoms with E-state index in [0.717, 1.165) is 0 Å². The van der Waals surface area contributed by atoms with Crippen molar-refractivity contribution in [3.8, 4) is 0 Å². The fourth-order valence-electron chi connectivity index (χ4n) is 1.94. The van der Waals surface area contributed by atoms with Gasteiger partial charge in [-0.1, -0.05) is 12.2 Å². The van der Waals surface area contributed by atoms with Crippen molar-refractivity contribution in [1.29, 1.82) is 0 Å². The van der Waals surface area contributed by atoms with E-state index in [2.05, 4.69) is 15.9 Å². The lowest BCUT2D eigenvalue weighted by Gasteiger charge is -2.29. The molecule has 0 radical (unpaired) electrons. The number of Topliss-reactive ketones (excluding diaryl/α,β-unsaturated/α-hetero) is 1. The summed E-state index contributed by atoms with van der Waals surface area (Å²) in [5.74, 6) is 0.00917. The normalized spacial score (nSPS) is 42.5. The Bertz CT molecular complexity index is 380. The third kappa shape index (κ3) is 0.784. The van der Waals surface area contributed by atoms with Gasteiger partial charge in [0, 0.05) is 0 Å². The Hall–Kier alpha value is -0.700. The van der Waals surface area contributed by atoms with Crippen LogP contribution in [0.3, 0.4) is 0 Å². The molecule has 2 atom stereocenters. The van der Waals surface area contributed by atoms with Crippen molar-refractivity contribution < 1.29 is 9.59 Å². The summed E-state index contributed by atoms with van der Waals surface area (Å²) in [6, 6.07) is 0. The molecule has 0 aromatic carbocycles. The van der Waals surface area contributed by atoms with Gasteiger partial charge >= 0.3 is 0 Å². The Morgan fingerprint density at radius 2 is 1.85 bits per heavy atom. The molecular formula is C10H9BrO2. The molecule has 0 unspecified atom stereocenters. The molecule has 0 aliphatic heterocycles. The molecule has 0 fully saturated rings. The molecule has 0 bridgehead atoms. The molecule has 2 nitrogen and oxygen atoms in total. The zero-order valence-electron chi connectivity index (χ0n) is 7.43. The number of carbonyl (C=O) groups is 2. The Balaban J connectivity index is 2.65. The zero-order chi connectivity index (χ0) is 9.85. The second kappa shape index (κ2) is 2.21. The van der Waals surface area contributed by atoms with Crippen LogP contribution in [0, 0.1) is 10.8 Å². The summed E-state index contributed by atoms with van der Waals surface area (Å²) in [5, 5.41) is 0. The Morgan fingerprint density at radius 3 is 2.38 bits per heavy atom. The SMILES string of the molecule is C[C@@]12C=C(Br)C(=O)[C@]1(C)C=CC2=O. The van der Waals surface area contributed by atoms with Crippen molar-refractivity contribution in [2.75, 3.05) is 0 Å². The first-order chi connectivity index (χ1) is 5.92. The van der Waals surface area contributed by atoms with Crippen molar-refractivity contribution >= 4 is 27.5 Å². The van der Waals surface area contributed by atoms with E-state index in [1.165, 1.54) is 6.08 Å². The third-order valence-corrected chi connectivity index (χ3v) is 3.85. The summed E-state index contributed by atoms with van der Waals surface area (Å²) in [6.07, 6.45) is 4.94. The molecule has 0 amide bonds. The van der Waals surface area contributed by atoms with Crippen LogP contribution in [-0.2, 0) is 9.59 Å². The van der Waals surface area contributed by atoms with Crippen LogP contribution in [0.2, 0.25) is 0 Å². The molecule has 68 valence electrons. The minimum Gasteiger partial charge on any atom is -0.294 e. The van der Waals surface area contributed by atoms with Gasteiger partial charge in [-0.25, -0.2) is 0 Å². The molecule has 2 aliphatic rings. The minimum atomic E-state index is -0.664. The molecule has 0 aromatic rings. The van der Waals surface area contributed by atoms with Crippen LogP contribution in [0.1, 0.15) is 13.8 Å². The average Bonchev–Trinajstić information content (AvgIpc) is 2.38. The van der Waals surface area contributed by atoms with E-state index in [0.29, 0.717) is 4.48 Å². The van der Waals surface area contributed by atoms with Crippen molar-refractivity contribution in [2.45, 2.75) is 13.8 Å². The van der Waals surface area contributed by atoms with E-state index in [4.69, 9.17) is 0 Å². The molecule has 0 heterocycles. The van der Waals surface area contributed by atoms with Crippen molar-refractivity contribution in [2.24, 2.45) is 10.8 Å². The van der Waals surface area contributed by atoms with Crippen LogP contribution in [0.4, 0.5) is 0 Å². The Kier molecular flexibility index (Phi) is 1.51. The van der Waals surface area contributed by atoms with E-state index >= 15 is 0 Å². The van der Waals surface area contributed by atoms with Crippen LogP contribution >= 0.6 is 15.9 Å². The summed E-state index contributed by atoms with van der Waals surface area (Å²) in [6.45, 7) is 3.61. The Labute approximate surface area is 84.8 Å². The van der Waals surface area contributed by atoms with Gasteiger partial charge in [-0.05, 0) is 35.9 Å². The fraction of sp³-hybridized carbons (Fsp3) is 0.400. The molecule has 0 N–H and O–H groups in total. The summed E-state index contributed by atoms with van der Waals surface area (Å²) in [5.41, 5.74) is -1.33. The highest BCUT2D eigenvalue weighted by molar-refractivity contribution is 9.12. The van der Waals surface area contributed by atoms with Gasteiger partial charge in [-0.3, -0.25) is 9.59 Å². The summed E-state index contributed by atoms with van der Waals surface area (Å²) in [4.78, 5) is 23.3. The van der Waals surface area contributed by atoms with E-state index < -0.39 is 10.8 Å². The number of halogens is 1. The van der Waals surface area contributed by atoms with Gasteiger partial charge in [0.05, 0.1) is 15.3 Å². The van der Waals surface area contributed by atoms with Crippen LogP contribution in [0.5, 0.6) is 0 Å². The van der Waals surface area contributed by atoms with E-state index in [-0.39, 0.29) is 11.6 Å². The largest absolute Gasteiger partial charge is 0.294 e. The minimum absolute atomic E-state index is 0.00269. The lowest BCUT2D eigenvalue weighted by molar-refractivity contribution is -0.130. The molecule has 0 saturated carbocycles. The van der Waals surface area contributed by atoms with Gasteiger partial charge in [0.1, 0.15) is 0 Å². The summed E-state index contributed by atoms with van der Waals surface area (Å²) < 4.78 is 0.523. The number of ketones is 2. The van der Waals surface area contributed by atoms with Gasteiger partial charge in [-0.15, -0.1) is 0 Å². The molecule has 0 saturated heterocycles. The van der Waals surface area contributed by atoms with Crippen molar-refractivity contribution in [3.05, 3.63) is 22.7 Å². The molecule has 0 spiro atoms. The van der Waals surface area contributed by atoms with E-state index in [1.807, 2.05) is 13.8 Å². The number of carbonyl (C=O) groups excluding carboxylic acids is 2. The smallest absolute Gasteiger partial charge is 0.180 e. The summed E-state index contributed by atoms with van der Waals surface area (Å²) >= 11 is 3.18. The van der Waals surface area contributed by atoms with Crippen molar-refractivity contribution in [3.63, 3.8) is 0 Å². The third-order valence-electron chi connectivity index (χ3n) is 3.26. The number of hydrogen-bond donors (Lipinski definition) is 0. The molecule has 0 aromatic heterocycles. The average molecular weight is 241 g/mol. The van der Waals surface area contributed by atoms with Gasteiger partial charge in [0.15, 0.2) is 11.6 Å². The lowest BCUT2D eigenvalue weighted by Crippen LogP contribution is -2.37. The predicted molar refractivity (Wildman–Crippen MR) is 52.4 cm³/mol. The maximum Gasteiger partial charge on any atom is 0.180 e. The first kappa shape index (κ1) is 8.88. The van der Waals surface area contributed by atoms with Gasteiger partial charge < -0.3 is 0 Å². The number of rotatable bonds is 0. The second-order valence-electron chi connectivity index (χ2n) is 3.92. The fourth-order valence-corrected chi connectivity index (χ4v) is 2.81. The standard InChI is InChI=1S/C10H9BrO2/c1-9-4-3-7(12)10(9,2)5-6(11)8(9)13/h3-5H,1-2H3/t9-,10-/m0/s1. The number of fused-ring (bicyclic) bond motifs is 1. The van der Waals surface area contributed by atoms with E-state index in [9.17, 15) is 9.59 Å². The van der Waals surface area contributed by atoms with Crippen LogP contribution in [-0.4, -0.2) is 11.6 Å². The Morgan fingerprint density at radius 1 is 1.23 bits per heavy atom. The van der Waals surface area contributed by atoms with Gasteiger partial charge in [0.2, 0.25) is 0 Å². The monoisotopic (exact) mass is 240 g/mol. The van der Waals surface area contributed by atoms with E-state index in [1.54, 1.807) is 12.2 Å². The van der Waals surface area contributed by atoms with Gasteiger partial charge in [-0.2, -0.15) is 0 Å². The van der Waals surface area contributed by atoms with Gasteiger partial charge in [0.25, 0.3) is 0 Å². The molecular weight excluding hydrogens is 232 g/mol. The van der Waals surface area contributed by atoms with Crippen molar-refractivity contribution in [1.82, 2.24) is 0 Å². The van der Waals surface area contributed by atoms with Crippen LogP contribution < -0.4 is 0 Å². The number of hydrogen-bond acceptors (Lipinski definition) is 2. The zero-order valence-corrected chi connectivity index (χ0v) is 9.01. The maximum atomic E-state index is 11.7. The second-order valence-corrected chi connectivity index (χ2v) is 4.78. The predicted octanol–water partition coefficient (Wildman–Crippen LogP) is 2.00. The first-order valence-electron chi connectivity index (χ1n) is 4.09. The topological polar surface area (TPSA) is 34.1 Å². The number of allylic oxidation sites excluding steroid dienone is 4. The summed E-state index contributed by atoms with van der Waals surface area (Å²) in [7, 11) is 0. The molecule has 2 rings (SSSR count). The van der Waals surface area contributed by atoms with Crippen LogP contribution in [0.15, 0.2) is 22.7 Å². The highest BCUT2D eigenvalue weighted by atomic mass is 79.9. The molecule has 2 aliphatic carbocycles. The van der Waals surface area contributed by atoms with Crippen LogP contribution in [0.25, 0.3) is 0 Å².